The second kappa shape index (κ2) is 8.23. The molecule has 0 fully saturated rings. The number of amides is 1. The molecule has 1 atom stereocenters. The monoisotopic (exact) mass is 355 g/mol. The van der Waals surface area contributed by atoms with E-state index in [1.54, 1.807) is 7.11 Å². The molecule has 2 aromatic rings. The average molecular weight is 355 g/mol. The van der Waals surface area contributed by atoms with Gasteiger partial charge in [0, 0.05) is 12.7 Å². The quantitative estimate of drug-likeness (QED) is 0.858. The highest BCUT2D eigenvalue weighted by molar-refractivity contribution is 5.94. The number of hydrogen-bond donors (Lipinski definition) is 1. The van der Waals surface area contributed by atoms with E-state index in [9.17, 15) is 4.79 Å². The number of fused-ring (bicyclic) bond motifs is 1. The number of rotatable bonds is 6. The maximum Gasteiger partial charge on any atom is 0.251 e. The first-order chi connectivity index (χ1) is 12.6. The maximum absolute atomic E-state index is 12.7. The Hall–Kier alpha value is -2.53. The Morgan fingerprint density at radius 3 is 2.42 bits per heavy atom. The smallest absolute Gasteiger partial charge is 0.251 e. The van der Waals surface area contributed by atoms with Gasteiger partial charge < -0.3 is 19.5 Å². The first-order valence-corrected chi connectivity index (χ1v) is 8.86. The number of hydrogen-bond acceptors (Lipinski definition) is 4. The molecule has 5 nitrogen and oxygen atoms in total. The number of methoxy groups -OCH3 is 1. The van der Waals surface area contributed by atoms with Gasteiger partial charge in [-0.1, -0.05) is 32.0 Å². The van der Waals surface area contributed by atoms with Crippen molar-refractivity contribution in [2.75, 3.05) is 20.3 Å². The predicted molar refractivity (Wildman–Crippen MR) is 99.6 cm³/mol. The Labute approximate surface area is 154 Å². The summed E-state index contributed by atoms with van der Waals surface area (Å²) in [5.41, 5.74) is 2.68. The van der Waals surface area contributed by atoms with Gasteiger partial charge in [-0.05, 0) is 41.3 Å². The number of benzene rings is 2. The summed E-state index contributed by atoms with van der Waals surface area (Å²) in [6.07, 6.45) is 0. The minimum atomic E-state index is -0.114. The van der Waals surface area contributed by atoms with Crippen molar-refractivity contribution < 1.29 is 19.0 Å². The van der Waals surface area contributed by atoms with Crippen LogP contribution in [-0.4, -0.2) is 26.2 Å². The summed E-state index contributed by atoms with van der Waals surface area (Å²) in [6.45, 7) is 5.82. The molecule has 26 heavy (non-hydrogen) atoms. The van der Waals surface area contributed by atoms with Gasteiger partial charge in [0.05, 0.1) is 12.6 Å². The highest BCUT2D eigenvalue weighted by atomic mass is 16.6. The molecular formula is C21H25NO4. The van der Waals surface area contributed by atoms with Crippen LogP contribution in [0.3, 0.4) is 0 Å². The van der Waals surface area contributed by atoms with Crippen molar-refractivity contribution in [1.82, 2.24) is 5.32 Å². The molecule has 0 saturated heterocycles. The van der Waals surface area contributed by atoms with Gasteiger partial charge in [0.2, 0.25) is 0 Å². The molecule has 0 bridgehead atoms. The van der Waals surface area contributed by atoms with Gasteiger partial charge in [0.25, 0.3) is 5.91 Å². The van der Waals surface area contributed by atoms with Crippen LogP contribution in [-0.2, 0) is 11.3 Å². The van der Waals surface area contributed by atoms with E-state index in [0.29, 0.717) is 25.4 Å². The Morgan fingerprint density at radius 1 is 1.08 bits per heavy atom. The molecule has 0 aliphatic carbocycles. The molecule has 2 aromatic carbocycles. The van der Waals surface area contributed by atoms with E-state index in [2.05, 4.69) is 19.2 Å². The molecule has 1 N–H and O–H groups in total. The van der Waals surface area contributed by atoms with Gasteiger partial charge >= 0.3 is 0 Å². The summed E-state index contributed by atoms with van der Waals surface area (Å²) in [7, 11) is 1.65. The molecule has 3 rings (SSSR count). The Kier molecular flexibility index (Phi) is 5.78. The standard InChI is InChI=1S/C21H25NO4/c1-14(2)20(17-8-9-18-19(12-17)26-11-10-25-18)22-21(23)16-6-4-15(5-7-16)13-24-3/h4-9,12,14,20H,10-11,13H2,1-3H3,(H,22,23)/t20-/m0/s1. The number of ether oxygens (including phenoxy) is 3. The number of nitrogens with one attached hydrogen (secondary N) is 1. The third kappa shape index (κ3) is 4.17. The summed E-state index contributed by atoms with van der Waals surface area (Å²) in [5.74, 6) is 1.62. The van der Waals surface area contributed by atoms with Crippen molar-refractivity contribution in [3.8, 4) is 11.5 Å². The SMILES string of the molecule is COCc1ccc(C(=O)N[C@H](c2ccc3c(c2)OCCO3)C(C)C)cc1. The van der Waals surface area contributed by atoms with Crippen molar-refractivity contribution in [2.24, 2.45) is 5.92 Å². The molecule has 1 aliphatic heterocycles. The number of carbonyl (C=O) groups excluding carboxylic acids is 1. The second-order valence-corrected chi connectivity index (χ2v) is 6.73. The molecular weight excluding hydrogens is 330 g/mol. The van der Waals surface area contributed by atoms with Gasteiger partial charge in [-0.3, -0.25) is 4.79 Å². The van der Waals surface area contributed by atoms with Gasteiger partial charge in [-0.2, -0.15) is 0 Å². The summed E-state index contributed by atoms with van der Waals surface area (Å²) in [5, 5.41) is 3.14. The van der Waals surface area contributed by atoms with E-state index < -0.39 is 0 Å². The van der Waals surface area contributed by atoms with E-state index in [-0.39, 0.29) is 17.9 Å². The van der Waals surface area contributed by atoms with Gasteiger partial charge in [-0.25, -0.2) is 0 Å². The van der Waals surface area contributed by atoms with Crippen LogP contribution in [0.2, 0.25) is 0 Å². The van der Waals surface area contributed by atoms with E-state index in [1.807, 2.05) is 42.5 Å². The summed E-state index contributed by atoms with van der Waals surface area (Å²) in [6, 6.07) is 13.2. The van der Waals surface area contributed by atoms with Crippen LogP contribution < -0.4 is 14.8 Å². The lowest BCUT2D eigenvalue weighted by Crippen LogP contribution is -2.32. The van der Waals surface area contributed by atoms with Crippen molar-refractivity contribution in [2.45, 2.75) is 26.5 Å². The molecule has 0 radical (unpaired) electrons. The second-order valence-electron chi connectivity index (χ2n) is 6.73. The molecule has 1 aliphatic rings. The normalized spacial score (nSPS) is 14.2. The summed E-state index contributed by atoms with van der Waals surface area (Å²) < 4.78 is 16.4. The van der Waals surface area contributed by atoms with Crippen molar-refractivity contribution in [3.63, 3.8) is 0 Å². The van der Waals surface area contributed by atoms with Gasteiger partial charge in [0.15, 0.2) is 11.5 Å². The third-order valence-corrected chi connectivity index (χ3v) is 4.41. The molecule has 5 heteroatoms. The summed E-state index contributed by atoms with van der Waals surface area (Å²) in [4.78, 5) is 12.7. The van der Waals surface area contributed by atoms with Gasteiger partial charge in [0.1, 0.15) is 13.2 Å². The highest BCUT2D eigenvalue weighted by Crippen LogP contribution is 2.34. The number of carbonyl (C=O) groups is 1. The minimum absolute atomic E-state index is 0.0949. The van der Waals surface area contributed by atoms with Gasteiger partial charge in [-0.15, -0.1) is 0 Å². The molecule has 1 amide bonds. The molecule has 0 spiro atoms. The molecule has 138 valence electrons. The minimum Gasteiger partial charge on any atom is -0.486 e. The Balaban J connectivity index is 1.77. The van der Waals surface area contributed by atoms with Crippen LogP contribution >= 0.6 is 0 Å². The first kappa shape index (κ1) is 18.3. The lowest BCUT2D eigenvalue weighted by atomic mass is 9.95. The van der Waals surface area contributed by atoms with E-state index in [1.165, 1.54) is 0 Å². The lowest BCUT2D eigenvalue weighted by molar-refractivity contribution is 0.0925. The van der Waals surface area contributed by atoms with Crippen molar-refractivity contribution >= 4 is 5.91 Å². The van der Waals surface area contributed by atoms with Crippen LogP contribution in [0.4, 0.5) is 0 Å². The molecule has 0 saturated carbocycles. The van der Waals surface area contributed by atoms with Crippen LogP contribution in [0.25, 0.3) is 0 Å². The topological polar surface area (TPSA) is 56.8 Å². The van der Waals surface area contributed by atoms with Crippen LogP contribution in [0, 0.1) is 5.92 Å². The van der Waals surface area contributed by atoms with Crippen LogP contribution in [0.1, 0.15) is 41.4 Å². The zero-order valence-corrected chi connectivity index (χ0v) is 15.5. The van der Waals surface area contributed by atoms with E-state index in [0.717, 1.165) is 22.6 Å². The zero-order valence-electron chi connectivity index (χ0n) is 15.5. The van der Waals surface area contributed by atoms with E-state index >= 15 is 0 Å². The predicted octanol–water partition coefficient (Wildman–Crippen LogP) is 3.73. The van der Waals surface area contributed by atoms with Crippen LogP contribution in [0.15, 0.2) is 42.5 Å². The molecule has 0 unspecified atom stereocenters. The van der Waals surface area contributed by atoms with Crippen molar-refractivity contribution in [1.29, 1.82) is 0 Å². The Bertz CT molecular complexity index is 755. The third-order valence-electron chi connectivity index (χ3n) is 4.41. The fourth-order valence-corrected chi connectivity index (χ4v) is 3.03. The lowest BCUT2D eigenvalue weighted by Gasteiger charge is -2.25. The first-order valence-electron chi connectivity index (χ1n) is 8.86. The fourth-order valence-electron chi connectivity index (χ4n) is 3.03. The largest absolute Gasteiger partial charge is 0.486 e. The highest BCUT2D eigenvalue weighted by Gasteiger charge is 2.22. The van der Waals surface area contributed by atoms with Crippen molar-refractivity contribution in [3.05, 3.63) is 59.2 Å². The molecule has 1 heterocycles. The fraction of sp³-hybridized carbons (Fsp3) is 0.381. The van der Waals surface area contributed by atoms with E-state index in [4.69, 9.17) is 14.2 Å². The van der Waals surface area contributed by atoms with Crippen LogP contribution in [0.5, 0.6) is 11.5 Å². The Morgan fingerprint density at radius 2 is 1.77 bits per heavy atom. The average Bonchev–Trinajstić information content (AvgIpc) is 2.66. The molecule has 0 aromatic heterocycles. The zero-order chi connectivity index (χ0) is 18.5. The summed E-state index contributed by atoms with van der Waals surface area (Å²) >= 11 is 0. The maximum atomic E-state index is 12.7.